The molecule has 3 rings (SSSR count). The molecule has 0 radical (unpaired) electrons. The van der Waals surface area contributed by atoms with Crippen molar-refractivity contribution in [2.45, 2.75) is 26.0 Å². The predicted octanol–water partition coefficient (Wildman–Crippen LogP) is 3.06. The summed E-state index contributed by atoms with van der Waals surface area (Å²) in [5, 5.41) is 8.83. The van der Waals surface area contributed by atoms with E-state index >= 15 is 0 Å². The molecule has 1 heterocycles. The molecule has 0 aliphatic carbocycles. The van der Waals surface area contributed by atoms with Crippen LogP contribution in [0.2, 0.25) is 0 Å². The van der Waals surface area contributed by atoms with Crippen LogP contribution >= 0.6 is 0 Å². The van der Waals surface area contributed by atoms with Crippen LogP contribution in [0, 0.1) is 11.3 Å². The van der Waals surface area contributed by atoms with Crippen molar-refractivity contribution in [3.05, 3.63) is 65.2 Å². The molecule has 1 atom stereocenters. The number of cyclic esters (lactones) is 1. The average molecular weight is 394 g/mol. The van der Waals surface area contributed by atoms with Crippen LogP contribution in [-0.2, 0) is 27.3 Å². The largest absolute Gasteiger partial charge is 0.489 e. The highest BCUT2D eigenvalue weighted by molar-refractivity contribution is 5.79. The van der Waals surface area contributed by atoms with E-state index in [9.17, 15) is 9.59 Å². The standard InChI is InChI=1S/C22H22N2O5/c1-2-27-21(25)13-24-19(15-29-22(24)26)11-16-7-9-20(10-8-16)28-14-18-5-3-17(12-23)4-6-18/h3-10,19H,2,11,13-15H2,1H3/t19-/m1/s1. The Balaban J connectivity index is 1.54. The highest BCUT2D eigenvalue weighted by Gasteiger charge is 2.34. The van der Waals surface area contributed by atoms with E-state index in [2.05, 4.69) is 6.07 Å². The number of hydrogen-bond acceptors (Lipinski definition) is 6. The number of nitrogens with zero attached hydrogens (tertiary/aromatic N) is 2. The van der Waals surface area contributed by atoms with Gasteiger partial charge in [0.1, 0.15) is 25.5 Å². The molecule has 0 bridgehead atoms. The highest BCUT2D eigenvalue weighted by Crippen LogP contribution is 2.20. The van der Waals surface area contributed by atoms with Crippen LogP contribution < -0.4 is 4.74 Å². The SMILES string of the molecule is CCOC(=O)CN1C(=O)OC[C@H]1Cc1ccc(OCc2ccc(C#N)cc2)cc1. The van der Waals surface area contributed by atoms with Gasteiger partial charge in [-0.3, -0.25) is 9.69 Å². The van der Waals surface area contributed by atoms with Crippen LogP contribution in [0.15, 0.2) is 48.5 Å². The maximum atomic E-state index is 11.9. The Kier molecular flexibility index (Phi) is 6.69. The van der Waals surface area contributed by atoms with Crippen LogP contribution in [0.4, 0.5) is 4.79 Å². The molecular formula is C22H22N2O5. The summed E-state index contributed by atoms with van der Waals surface area (Å²) < 4.78 is 15.8. The van der Waals surface area contributed by atoms with Gasteiger partial charge in [0, 0.05) is 0 Å². The Labute approximate surface area is 169 Å². The number of carbonyl (C=O) groups excluding carboxylic acids is 2. The summed E-state index contributed by atoms with van der Waals surface area (Å²) in [5.74, 6) is 0.281. The number of nitriles is 1. The Morgan fingerprint density at radius 3 is 2.52 bits per heavy atom. The summed E-state index contributed by atoms with van der Waals surface area (Å²) in [5.41, 5.74) is 2.60. The second-order valence-corrected chi connectivity index (χ2v) is 6.61. The molecule has 1 amide bonds. The Hall–Kier alpha value is -3.53. The fourth-order valence-electron chi connectivity index (χ4n) is 3.03. The highest BCUT2D eigenvalue weighted by atomic mass is 16.6. The van der Waals surface area contributed by atoms with Crippen LogP contribution in [0.1, 0.15) is 23.6 Å². The molecular weight excluding hydrogens is 372 g/mol. The zero-order valence-electron chi connectivity index (χ0n) is 16.2. The number of esters is 1. The summed E-state index contributed by atoms with van der Waals surface area (Å²) in [6.45, 7) is 2.54. The van der Waals surface area contributed by atoms with Gasteiger partial charge in [-0.05, 0) is 48.7 Å². The lowest BCUT2D eigenvalue weighted by molar-refractivity contribution is -0.144. The van der Waals surface area contributed by atoms with Gasteiger partial charge in [0.2, 0.25) is 0 Å². The van der Waals surface area contributed by atoms with Gasteiger partial charge in [0.05, 0.1) is 24.3 Å². The van der Waals surface area contributed by atoms with E-state index in [1.165, 1.54) is 4.90 Å². The van der Waals surface area contributed by atoms with E-state index in [1.54, 1.807) is 19.1 Å². The fourth-order valence-corrected chi connectivity index (χ4v) is 3.03. The molecule has 1 aliphatic heterocycles. The summed E-state index contributed by atoms with van der Waals surface area (Å²) in [6.07, 6.45) is 0.0755. The molecule has 2 aromatic carbocycles. The first-order valence-electron chi connectivity index (χ1n) is 9.39. The Bertz CT molecular complexity index is 887. The molecule has 0 unspecified atom stereocenters. The van der Waals surface area contributed by atoms with Crippen molar-refractivity contribution in [1.82, 2.24) is 4.90 Å². The number of hydrogen-bond donors (Lipinski definition) is 0. The van der Waals surface area contributed by atoms with Gasteiger partial charge in [-0.15, -0.1) is 0 Å². The Morgan fingerprint density at radius 2 is 1.86 bits per heavy atom. The lowest BCUT2D eigenvalue weighted by Gasteiger charge is -2.20. The first-order valence-corrected chi connectivity index (χ1v) is 9.39. The first-order chi connectivity index (χ1) is 14.1. The van der Waals surface area contributed by atoms with Gasteiger partial charge in [-0.25, -0.2) is 4.79 Å². The van der Waals surface area contributed by atoms with Crippen molar-refractivity contribution in [1.29, 1.82) is 5.26 Å². The summed E-state index contributed by atoms with van der Waals surface area (Å²) >= 11 is 0. The lowest BCUT2D eigenvalue weighted by atomic mass is 10.1. The van der Waals surface area contributed by atoms with E-state index in [-0.39, 0.29) is 25.8 Å². The summed E-state index contributed by atoms with van der Waals surface area (Å²) in [4.78, 5) is 25.0. The molecule has 0 spiro atoms. The lowest BCUT2D eigenvalue weighted by Crippen LogP contribution is -2.39. The molecule has 0 N–H and O–H groups in total. The molecule has 1 saturated heterocycles. The second kappa shape index (κ2) is 9.60. The molecule has 0 saturated carbocycles. The van der Waals surface area contributed by atoms with E-state index < -0.39 is 12.1 Å². The van der Waals surface area contributed by atoms with Crippen molar-refractivity contribution < 1.29 is 23.8 Å². The van der Waals surface area contributed by atoms with Gasteiger partial charge in [-0.1, -0.05) is 24.3 Å². The number of rotatable bonds is 8. The average Bonchev–Trinajstić information content (AvgIpc) is 3.07. The van der Waals surface area contributed by atoms with Gasteiger partial charge in [-0.2, -0.15) is 5.26 Å². The third-order valence-electron chi connectivity index (χ3n) is 4.56. The molecule has 7 heteroatoms. The van der Waals surface area contributed by atoms with Crippen molar-refractivity contribution in [2.75, 3.05) is 19.8 Å². The summed E-state index contributed by atoms with van der Waals surface area (Å²) in [7, 11) is 0. The van der Waals surface area contributed by atoms with Crippen molar-refractivity contribution in [3.63, 3.8) is 0 Å². The maximum Gasteiger partial charge on any atom is 0.410 e. The van der Waals surface area contributed by atoms with Gasteiger partial charge < -0.3 is 14.2 Å². The molecule has 150 valence electrons. The minimum absolute atomic E-state index is 0.108. The van der Waals surface area contributed by atoms with Gasteiger partial charge in [0.15, 0.2) is 0 Å². The third-order valence-corrected chi connectivity index (χ3v) is 4.56. The van der Waals surface area contributed by atoms with E-state index in [0.29, 0.717) is 18.6 Å². The van der Waals surface area contributed by atoms with Crippen LogP contribution in [-0.4, -0.2) is 42.8 Å². The number of benzene rings is 2. The predicted molar refractivity (Wildman–Crippen MR) is 104 cm³/mol. The van der Waals surface area contributed by atoms with Crippen LogP contribution in [0.5, 0.6) is 5.75 Å². The Morgan fingerprint density at radius 1 is 1.17 bits per heavy atom. The van der Waals surface area contributed by atoms with Gasteiger partial charge in [0.25, 0.3) is 0 Å². The molecule has 1 fully saturated rings. The van der Waals surface area contributed by atoms with E-state index in [0.717, 1.165) is 16.9 Å². The van der Waals surface area contributed by atoms with E-state index in [1.807, 2.05) is 36.4 Å². The molecule has 0 aromatic heterocycles. The monoisotopic (exact) mass is 394 g/mol. The minimum atomic E-state index is -0.495. The number of amides is 1. The quantitative estimate of drug-likeness (QED) is 0.640. The third kappa shape index (κ3) is 5.48. The zero-order chi connectivity index (χ0) is 20.6. The van der Waals surface area contributed by atoms with Crippen molar-refractivity contribution in [2.24, 2.45) is 0 Å². The van der Waals surface area contributed by atoms with Crippen LogP contribution in [0.25, 0.3) is 0 Å². The van der Waals surface area contributed by atoms with Gasteiger partial charge >= 0.3 is 12.1 Å². The zero-order valence-corrected chi connectivity index (χ0v) is 16.2. The molecule has 7 nitrogen and oxygen atoms in total. The first kappa shape index (κ1) is 20.2. The number of carbonyl (C=O) groups is 2. The minimum Gasteiger partial charge on any atom is -0.489 e. The van der Waals surface area contributed by atoms with Crippen molar-refractivity contribution >= 4 is 12.1 Å². The number of ether oxygens (including phenoxy) is 3. The molecule has 1 aliphatic rings. The molecule has 2 aromatic rings. The van der Waals surface area contributed by atoms with E-state index in [4.69, 9.17) is 19.5 Å². The summed E-state index contributed by atoms with van der Waals surface area (Å²) in [6, 6.07) is 16.7. The maximum absolute atomic E-state index is 11.9. The fraction of sp³-hybridized carbons (Fsp3) is 0.318. The molecule has 29 heavy (non-hydrogen) atoms. The van der Waals surface area contributed by atoms with Crippen molar-refractivity contribution in [3.8, 4) is 11.8 Å². The van der Waals surface area contributed by atoms with Crippen LogP contribution in [0.3, 0.4) is 0 Å². The topological polar surface area (TPSA) is 88.9 Å². The normalized spacial score (nSPS) is 15.5. The second-order valence-electron chi connectivity index (χ2n) is 6.61. The smallest absolute Gasteiger partial charge is 0.410 e.